The Bertz CT molecular complexity index is 888. The normalized spacial score (nSPS) is 19.9. The Morgan fingerprint density at radius 1 is 1.10 bits per heavy atom. The fraction of sp³-hybridized carbons (Fsp3) is 0.435. The number of nitro groups is 1. The van der Waals surface area contributed by atoms with Crippen LogP contribution in [0.15, 0.2) is 48.5 Å². The summed E-state index contributed by atoms with van der Waals surface area (Å²) in [6, 6.07) is 15.3. The van der Waals surface area contributed by atoms with Gasteiger partial charge in [0.25, 0.3) is 5.69 Å². The van der Waals surface area contributed by atoms with E-state index in [1.807, 2.05) is 29.2 Å². The molecule has 0 N–H and O–H groups in total. The molecule has 1 amide bonds. The highest BCUT2D eigenvalue weighted by Gasteiger charge is 2.32. The number of carbonyl (C=O) groups excluding carboxylic acids is 1. The van der Waals surface area contributed by atoms with E-state index in [1.165, 1.54) is 5.56 Å². The highest BCUT2D eigenvalue weighted by atomic mass is 16.6. The van der Waals surface area contributed by atoms with Crippen LogP contribution in [0.3, 0.4) is 0 Å². The van der Waals surface area contributed by atoms with Gasteiger partial charge in [0.05, 0.1) is 4.92 Å². The smallest absolute Gasteiger partial charge is 0.269 e. The van der Waals surface area contributed by atoms with E-state index >= 15 is 0 Å². The first-order valence-electron chi connectivity index (χ1n) is 10.4. The van der Waals surface area contributed by atoms with E-state index in [0.717, 1.165) is 50.1 Å². The van der Waals surface area contributed by atoms with Gasteiger partial charge in [0, 0.05) is 36.8 Å². The second-order valence-corrected chi connectivity index (χ2v) is 8.29. The van der Waals surface area contributed by atoms with Crippen molar-refractivity contribution >= 4 is 17.3 Å². The summed E-state index contributed by atoms with van der Waals surface area (Å²) in [6.07, 6.45) is 3.59. The molecule has 2 aromatic carbocycles. The number of nitrogens with zero attached hydrogens (tertiary/aromatic N) is 3. The molecule has 0 bridgehead atoms. The summed E-state index contributed by atoms with van der Waals surface area (Å²) in [7, 11) is 0. The lowest BCUT2D eigenvalue weighted by atomic mass is 9.92. The van der Waals surface area contributed by atoms with Crippen LogP contribution >= 0.6 is 0 Å². The summed E-state index contributed by atoms with van der Waals surface area (Å²) < 4.78 is 0. The zero-order valence-electron chi connectivity index (χ0n) is 16.8. The van der Waals surface area contributed by atoms with Crippen molar-refractivity contribution < 1.29 is 9.72 Å². The molecule has 6 heteroatoms. The van der Waals surface area contributed by atoms with Crippen LogP contribution in [0.1, 0.15) is 37.3 Å². The Hall–Kier alpha value is -2.73. The van der Waals surface area contributed by atoms with E-state index in [1.54, 1.807) is 12.1 Å². The van der Waals surface area contributed by atoms with Crippen LogP contribution in [0.4, 0.5) is 11.4 Å². The molecule has 29 heavy (non-hydrogen) atoms. The van der Waals surface area contributed by atoms with Crippen molar-refractivity contribution in [3.05, 3.63) is 69.8 Å². The topological polar surface area (TPSA) is 66.7 Å². The molecule has 0 spiro atoms. The molecular formula is C23H27N3O3. The number of anilines is 1. The number of hydrogen-bond acceptors (Lipinski definition) is 4. The first-order valence-corrected chi connectivity index (χ1v) is 10.4. The fourth-order valence-electron chi connectivity index (χ4n) is 4.62. The van der Waals surface area contributed by atoms with Gasteiger partial charge < -0.3 is 4.90 Å². The quantitative estimate of drug-likeness (QED) is 0.565. The number of piperidine rings is 1. The van der Waals surface area contributed by atoms with Crippen LogP contribution in [0.5, 0.6) is 0 Å². The van der Waals surface area contributed by atoms with Gasteiger partial charge in [-0.3, -0.25) is 19.8 Å². The average molecular weight is 393 g/mol. The van der Waals surface area contributed by atoms with Crippen molar-refractivity contribution in [3.63, 3.8) is 0 Å². The third-order valence-corrected chi connectivity index (χ3v) is 6.20. The van der Waals surface area contributed by atoms with E-state index in [-0.39, 0.29) is 22.6 Å². The SMILES string of the molecule is CC1Cc2ccccc2N1C(=O)CC1CCN(Cc2ccc([N+](=O)[O-])cc2)CC1. The molecule has 4 rings (SSSR count). The van der Waals surface area contributed by atoms with E-state index in [4.69, 9.17) is 0 Å². The monoisotopic (exact) mass is 393 g/mol. The first kappa shape index (κ1) is 19.6. The van der Waals surface area contributed by atoms with Crippen LogP contribution in [-0.4, -0.2) is 34.9 Å². The number of carbonyl (C=O) groups is 1. The highest BCUT2D eigenvalue weighted by molar-refractivity contribution is 5.96. The first-order chi connectivity index (χ1) is 14.0. The zero-order valence-corrected chi connectivity index (χ0v) is 16.8. The maximum Gasteiger partial charge on any atom is 0.269 e. The molecule has 6 nitrogen and oxygen atoms in total. The number of amides is 1. The lowest BCUT2D eigenvalue weighted by Gasteiger charge is -2.33. The number of non-ortho nitro benzene ring substituents is 1. The van der Waals surface area contributed by atoms with Gasteiger partial charge in [-0.2, -0.15) is 0 Å². The van der Waals surface area contributed by atoms with E-state index in [9.17, 15) is 14.9 Å². The van der Waals surface area contributed by atoms with Gasteiger partial charge >= 0.3 is 0 Å². The van der Waals surface area contributed by atoms with Crippen LogP contribution in [0.25, 0.3) is 0 Å². The molecule has 2 heterocycles. The third kappa shape index (κ3) is 4.32. The van der Waals surface area contributed by atoms with Crippen LogP contribution in [0.2, 0.25) is 0 Å². The Kier molecular flexibility index (Phi) is 5.62. The van der Waals surface area contributed by atoms with Gasteiger partial charge in [-0.05, 0) is 62.4 Å². The summed E-state index contributed by atoms with van der Waals surface area (Å²) in [5.41, 5.74) is 3.57. The number of fused-ring (bicyclic) bond motifs is 1. The lowest BCUT2D eigenvalue weighted by molar-refractivity contribution is -0.384. The summed E-state index contributed by atoms with van der Waals surface area (Å²) in [5, 5.41) is 10.8. The maximum absolute atomic E-state index is 13.0. The molecular weight excluding hydrogens is 366 g/mol. The highest BCUT2D eigenvalue weighted by Crippen LogP contribution is 2.33. The Morgan fingerprint density at radius 2 is 1.79 bits per heavy atom. The summed E-state index contributed by atoms with van der Waals surface area (Å²) in [5.74, 6) is 0.673. The van der Waals surface area contributed by atoms with Gasteiger partial charge in [0.15, 0.2) is 0 Å². The van der Waals surface area contributed by atoms with E-state index in [0.29, 0.717) is 12.3 Å². The average Bonchev–Trinajstić information content (AvgIpc) is 3.05. The number of benzene rings is 2. The van der Waals surface area contributed by atoms with Gasteiger partial charge in [0.2, 0.25) is 5.91 Å². The van der Waals surface area contributed by atoms with Crippen molar-refractivity contribution in [1.29, 1.82) is 0 Å². The number of likely N-dealkylation sites (tertiary alicyclic amines) is 1. The summed E-state index contributed by atoms with van der Waals surface area (Å²) >= 11 is 0. The van der Waals surface area contributed by atoms with Gasteiger partial charge in [-0.25, -0.2) is 0 Å². The number of para-hydroxylation sites is 1. The maximum atomic E-state index is 13.0. The van der Waals surface area contributed by atoms with Crippen molar-refractivity contribution in [1.82, 2.24) is 4.90 Å². The van der Waals surface area contributed by atoms with Crippen molar-refractivity contribution in [2.75, 3.05) is 18.0 Å². The van der Waals surface area contributed by atoms with Crippen LogP contribution < -0.4 is 4.90 Å². The minimum absolute atomic E-state index is 0.128. The number of nitro benzene ring substituents is 1. The molecule has 1 atom stereocenters. The molecule has 0 aliphatic carbocycles. The summed E-state index contributed by atoms with van der Waals surface area (Å²) in [4.78, 5) is 27.8. The van der Waals surface area contributed by atoms with Crippen LogP contribution in [-0.2, 0) is 17.8 Å². The molecule has 0 aromatic heterocycles. The van der Waals surface area contributed by atoms with E-state index < -0.39 is 0 Å². The molecule has 1 fully saturated rings. The Labute approximate surface area is 171 Å². The van der Waals surface area contributed by atoms with E-state index in [2.05, 4.69) is 24.0 Å². The molecule has 0 radical (unpaired) electrons. The lowest BCUT2D eigenvalue weighted by Crippen LogP contribution is -2.39. The fourth-order valence-corrected chi connectivity index (χ4v) is 4.62. The van der Waals surface area contributed by atoms with Crippen molar-refractivity contribution in [2.45, 2.75) is 45.2 Å². The molecule has 152 valence electrons. The second kappa shape index (κ2) is 8.33. The standard InChI is InChI=1S/C23H27N3O3/c1-17-14-20-4-2-3-5-22(20)25(17)23(27)15-18-10-12-24(13-11-18)16-19-6-8-21(9-7-19)26(28)29/h2-9,17-18H,10-16H2,1H3. The Morgan fingerprint density at radius 3 is 2.48 bits per heavy atom. The summed E-state index contributed by atoms with van der Waals surface area (Å²) in [6.45, 7) is 4.85. The number of hydrogen-bond donors (Lipinski definition) is 0. The molecule has 1 saturated heterocycles. The van der Waals surface area contributed by atoms with Crippen LogP contribution in [0, 0.1) is 16.0 Å². The molecule has 1 unspecified atom stereocenters. The van der Waals surface area contributed by atoms with Gasteiger partial charge in [0.1, 0.15) is 0 Å². The zero-order chi connectivity index (χ0) is 20.4. The minimum atomic E-state index is -0.369. The predicted octanol–water partition coefficient (Wildman–Crippen LogP) is 4.17. The molecule has 2 aromatic rings. The van der Waals surface area contributed by atoms with Crippen molar-refractivity contribution in [2.24, 2.45) is 5.92 Å². The van der Waals surface area contributed by atoms with Gasteiger partial charge in [-0.15, -0.1) is 0 Å². The third-order valence-electron chi connectivity index (χ3n) is 6.20. The Balaban J connectivity index is 1.29. The minimum Gasteiger partial charge on any atom is -0.309 e. The predicted molar refractivity (Wildman–Crippen MR) is 113 cm³/mol. The largest absolute Gasteiger partial charge is 0.309 e. The van der Waals surface area contributed by atoms with Crippen molar-refractivity contribution in [3.8, 4) is 0 Å². The molecule has 2 aliphatic rings. The molecule has 0 saturated carbocycles. The number of rotatable bonds is 5. The molecule has 2 aliphatic heterocycles. The van der Waals surface area contributed by atoms with Gasteiger partial charge in [-0.1, -0.05) is 30.3 Å². The second-order valence-electron chi connectivity index (χ2n) is 8.29.